The Hall–Kier alpha value is -2.92. The normalized spacial score (nSPS) is 16.0. The van der Waals surface area contributed by atoms with E-state index in [2.05, 4.69) is 39.6 Å². The number of nitrogens with zero attached hydrogens (tertiary/aromatic N) is 4. The van der Waals surface area contributed by atoms with Gasteiger partial charge in [-0.05, 0) is 50.2 Å². The van der Waals surface area contributed by atoms with Crippen LogP contribution in [-0.2, 0) is 4.79 Å². The molecule has 1 fully saturated rings. The minimum absolute atomic E-state index is 0.0328. The van der Waals surface area contributed by atoms with Crippen LogP contribution < -0.4 is 10.6 Å². The fourth-order valence-corrected chi connectivity index (χ4v) is 4.36. The van der Waals surface area contributed by atoms with Crippen LogP contribution in [0.1, 0.15) is 46.3 Å². The Morgan fingerprint density at radius 1 is 1.15 bits per heavy atom. The van der Waals surface area contributed by atoms with E-state index in [1.165, 1.54) is 24.3 Å². The summed E-state index contributed by atoms with van der Waals surface area (Å²) in [6, 6.07) is 5.33. The number of carbonyl (C=O) groups is 3. The van der Waals surface area contributed by atoms with Crippen molar-refractivity contribution >= 4 is 34.7 Å². The summed E-state index contributed by atoms with van der Waals surface area (Å²) in [7, 11) is 0. The topological polar surface area (TPSA) is 108 Å². The highest BCUT2D eigenvalue weighted by molar-refractivity contribution is 7.15. The van der Waals surface area contributed by atoms with Gasteiger partial charge in [-0.1, -0.05) is 25.2 Å². The first-order chi connectivity index (χ1) is 15.9. The molecule has 0 bridgehead atoms. The number of likely N-dealkylation sites (tertiary alicyclic amines) is 1. The zero-order chi connectivity index (χ0) is 23.8. The van der Waals surface area contributed by atoms with Crippen LogP contribution in [0.4, 0.5) is 10.1 Å². The average Bonchev–Trinajstić information content (AvgIpc) is 3.33. The molecule has 0 radical (unpaired) electrons. The van der Waals surface area contributed by atoms with E-state index in [0.29, 0.717) is 25.3 Å². The SMILES string of the molecule is CCN(CC)CCNC(=O)[C@H]1CCCN(C(=O)c2nnc(C(=O)Nc3ccc(F)cc3)s2)C1. The molecule has 1 aliphatic heterocycles. The first-order valence-electron chi connectivity index (χ1n) is 11.1. The molecule has 9 nitrogen and oxygen atoms in total. The van der Waals surface area contributed by atoms with Crippen molar-refractivity contribution in [1.82, 2.24) is 25.3 Å². The van der Waals surface area contributed by atoms with E-state index in [0.717, 1.165) is 43.8 Å². The Labute approximate surface area is 196 Å². The zero-order valence-electron chi connectivity index (χ0n) is 18.8. The summed E-state index contributed by atoms with van der Waals surface area (Å²) in [5.74, 6) is -1.59. The van der Waals surface area contributed by atoms with E-state index in [1.807, 2.05) is 0 Å². The third kappa shape index (κ3) is 6.78. The van der Waals surface area contributed by atoms with Crippen LogP contribution in [0.2, 0.25) is 0 Å². The molecule has 11 heteroatoms. The molecular formula is C22H29FN6O3S. The summed E-state index contributed by atoms with van der Waals surface area (Å²) in [5, 5.41) is 13.4. The Bertz CT molecular complexity index is 963. The number of halogens is 1. The highest BCUT2D eigenvalue weighted by Crippen LogP contribution is 2.21. The number of hydrogen-bond donors (Lipinski definition) is 2. The Balaban J connectivity index is 1.54. The molecule has 2 N–H and O–H groups in total. The van der Waals surface area contributed by atoms with E-state index in [1.54, 1.807) is 4.90 Å². The molecule has 33 heavy (non-hydrogen) atoms. The molecule has 1 aromatic carbocycles. The molecule has 0 spiro atoms. The summed E-state index contributed by atoms with van der Waals surface area (Å²) < 4.78 is 13.0. The molecule has 1 aliphatic rings. The van der Waals surface area contributed by atoms with Crippen LogP contribution in [0.25, 0.3) is 0 Å². The van der Waals surface area contributed by atoms with E-state index in [-0.39, 0.29) is 27.7 Å². The molecule has 2 aromatic rings. The Morgan fingerprint density at radius 2 is 1.85 bits per heavy atom. The maximum atomic E-state index is 13.0. The van der Waals surface area contributed by atoms with Gasteiger partial charge in [0.05, 0.1) is 5.92 Å². The number of rotatable bonds is 9. The predicted octanol–water partition coefficient (Wildman–Crippen LogP) is 2.24. The van der Waals surface area contributed by atoms with Crippen LogP contribution in [0, 0.1) is 11.7 Å². The van der Waals surface area contributed by atoms with Crippen LogP contribution in [0.5, 0.6) is 0 Å². The summed E-state index contributed by atoms with van der Waals surface area (Å²) >= 11 is 0.891. The van der Waals surface area contributed by atoms with Crippen molar-refractivity contribution in [2.24, 2.45) is 5.92 Å². The van der Waals surface area contributed by atoms with Gasteiger partial charge in [0.15, 0.2) is 0 Å². The second-order valence-corrected chi connectivity index (χ2v) is 8.76. The average molecular weight is 477 g/mol. The number of amides is 3. The fourth-order valence-electron chi connectivity index (χ4n) is 3.65. The number of likely N-dealkylation sites (N-methyl/N-ethyl adjacent to an activating group) is 1. The predicted molar refractivity (Wildman–Crippen MR) is 124 cm³/mol. The third-order valence-electron chi connectivity index (χ3n) is 5.61. The molecule has 1 atom stereocenters. The van der Waals surface area contributed by atoms with Gasteiger partial charge in [0.25, 0.3) is 11.8 Å². The summed E-state index contributed by atoms with van der Waals surface area (Å²) in [6.45, 7) is 8.25. The standard InChI is InChI=1S/C22H29FN6O3S/c1-3-28(4-2)13-11-24-18(30)15-6-5-12-29(14-15)22(32)21-27-26-20(33-21)19(31)25-17-9-7-16(23)8-10-17/h7-10,15H,3-6,11-14H2,1-2H3,(H,24,30)(H,25,31)/t15-/m0/s1. The lowest BCUT2D eigenvalue weighted by Crippen LogP contribution is -2.46. The third-order valence-corrected chi connectivity index (χ3v) is 6.52. The van der Waals surface area contributed by atoms with Gasteiger partial charge in [-0.25, -0.2) is 4.39 Å². The second-order valence-electron chi connectivity index (χ2n) is 7.78. The number of piperidine rings is 1. The number of hydrogen-bond acceptors (Lipinski definition) is 7. The van der Waals surface area contributed by atoms with Crippen molar-refractivity contribution in [2.45, 2.75) is 26.7 Å². The maximum absolute atomic E-state index is 13.0. The van der Waals surface area contributed by atoms with Gasteiger partial charge in [-0.3, -0.25) is 14.4 Å². The highest BCUT2D eigenvalue weighted by Gasteiger charge is 2.30. The van der Waals surface area contributed by atoms with Crippen molar-refractivity contribution in [3.63, 3.8) is 0 Å². The van der Waals surface area contributed by atoms with Gasteiger partial charge in [-0.2, -0.15) is 0 Å². The van der Waals surface area contributed by atoms with Crippen molar-refractivity contribution in [3.05, 3.63) is 40.1 Å². The van der Waals surface area contributed by atoms with Crippen molar-refractivity contribution in [3.8, 4) is 0 Å². The number of nitrogens with one attached hydrogen (secondary N) is 2. The van der Waals surface area contributed by atoms with Crippen LogP contribution in [-0.4, -0.2) is 77.0 Å². The largest absolute Gasteiger partial charge is 0.355 e. The number of benzene rings is 1. The Kier molecular flexibility index (Phi) is 8.84. The minimum Gasteiger partial charge on any atom is -0.355 e. The first kappa shape index (κ1) is 24.7. The first-order valence-corrected chi connectivity index (χ1v) is 11.9. The van der Waals surface area contributed by atoms with E-state index in [9.17, 15) is 18.8 Å². The van der Waals surface area contributed by atoms with Gasteiger partial charge >= 0.3 is 0 Å². The van der Waals surface area contributed by atoms with Gasteiger partial charge in [-0.15, -0.1) is 10.2 Å². The van der Waals surface area contributed by atoms with E-state index >= 15 is 0 Å². The van der Waals surface area contributed by atoms with E-state index in [4.69, 9.17) is 0 Å². The molecule has 3 amide bonds. The van der Waals surface area contributed by atoms with Crippen molar-refractivity contribution in [1.29, 1.82) is 0 Å². The fraction of sp³-hybridized carbons (Fsp3) is 0.500. The maximum Gasteiger partial charge on any atom is 0.286 e. The lowest BCUT2D eigenvalue weighted by atomic mass is 9.97. The molecule has 1 aromatic heterocycles. The van der Waals surface area contributed by atoms with Gasteiger partial charge in [0, 0.05) is 31.9 Å². The Morgan fingerprint density at radius 3 is 2.55 bits per heavy atom. The van der Waals surface area contributed by atoms with Crippen molar-refractivity contribution < 1.29 is 18.8 Å². The zero-order valence-corrected chi connectivity index (χ0v) is 19.7. The minimum atomic E-state index is -0.526. The summed E-state index contributed by atoms with van der Waals surface area (Å²) in [6.07, 6.45) is 1.44. The lowest BCUT2D eigenvalue weighted by Gasteiger charge is -2.31. The molecule has 2 heterocycles. The second kappa shape index (κ2) is 11.8. The monoisotopic (exact) mass is 476 g/mol. The summed E-state index contributed by atoms with van der Waals surface area (Å²) in [4.78, 5) is 41.7. The van der Waals surface area contributed by atoms with Crippen molar-refractivity contribution in [2.75, 3.05) is 44.6 Å². The summed E-state index contributed by atoms with van der Waals surface area (Å²) in [5.41, 5.74) is 0.412. The highest BCUT2D eigenvalue weighted by atomic mass is 32.1. The molecule has 178 valence electrons. The lowest BCUT2D eigenvalue weighted by molar-refractivity contribution is -0.126. The van der Waals surface area contributed by atoms with Crippen LogP contribution >= 0.6 is 11.3 Å². The number of anilines is 1. The van der Waals surface area contributed by atoms with Crippen LogP contribution in [0.15, 0.2) is 24.3 Å². The number of aromatic nitrogens is 2. The van der Waals surface area contributed by atoms with E-state index < -0.39 is 11.7 Å². The quantitative estimate of drug-likeness (QED) is 0.575. The molecule has 0 aliphatic carbocycles. The molecule has 1 saturated heterocycles. The smallest absolute Gasteiger partial charge is 0.286 e. The van der Waals surface area contributed by atoms with Gasteiger partial charge in [0.2, 0.25) is 15.9 Å². The van der Waals surface area contributed by atoms with Crippen LogP contribution in [0.3, 0.4) is 0 Å². The molecular weight excluding hydrogens is 447 g/mol. The molecule has 3 rings (SSSR count). The van der Waals surface area contributed by atoms with Gasteiger partial charge < -0.3 is 20.4 Å². The number of carbonyl (C=O) groups excluding carboxylic acids is 3. The molecule has 0 saturated carbocycles. The van der Waals surface area contributed by atoms with Gasteiger partial charge in [0.1, 0.15) is 5.82 Å². The molecule has 0 unspecified atom stereocenters.